The number of amides is 2. The van der Waals surface area contributed by atoms with E-state index in [2.05, 4.69) is 5.92 Å². The second-order valence-corrected chi connectivity index (χ2v) is 6.70. The highest BCUT2D eigenvalue weighted by Crippen LogP contribution is 2.57. The summed E-state index contributed by atoms with van der Waals surface area (Å²) >= 11 is 0. The molecule has 1 aromatic carbocycles. The van der Waals surface area contributed by atoms with Crippen molar-refractivity contribution in [2.75, 3.05) is 4.90 Å². The number of imide groups is 1. The molecule has 0 N–H and O–H groups in total. The molecule has 1 aliphatic heterocycles. The van der Waals surface area contributed by atoms with E-state index in [1.165, 1.54) is 12.1 Å². The second-order valence-electron chi connectivity index (χ2n) is 6.70. The smallest absolute Gasteiger partial charge is 0.421 e. The van der Waals surface area contributed by atoms with Crippen LogP contribution in [0, 0.1) is 18.2 Å². The topological polar surface area (TPSA) is 46.6 Å². The van der Waals surface area contributed by atoms with E-state index in [1.54, 1.807) is 20.8 Å². The molecule has 5 heteroatoms. The Morgan fingerprint density at radius 1 is 1.41 bits per heavy atom. The number of fused-ring (bicyclic) bond motifs is 2. The third kappa shape index (κ3) is 1.98. The first kappa shape index (κ1) is 14.6. The fourth-order valence-electron chi connectivity index (χ4n) is 2.78. The highest BCUT2D eigenvalue weighted by Gasteiger charge is 2.61. The molecule has 0 radical (unpaired) electrons. The Hall–Kier alpha value is -2.35. The van der Waals surface area contributed by atoms with Crippen LogP contribution in [0.1, 0.15) is 44.7 Å². The van der Waals surface area contributed by atoms with Gasteiger partial charge in [0.1, 0.15) is 11.4 Å². The van der Waals surface area contributed by atoms with Gasteiger partial charge in [-0.1, -0.05) is 5.92 Å². The van der Waals surface area contributed by atoms with Crippen molar-refractivity contribution in [2.24, 2.45) is 0 Å². The average Bonchev–Trinajstić information content (AvgIpc) is 3.15. The summed E-state index contributed by atoms with van der Waals surface area (Å²) in [6.45, 7) is 5.16. The van der Waals surface area contributed by atoms with Gasteiger partial charge in [0.25, 0.3) is 0 Å². The molecule has 1 aliphatic carbocycles. The summed E-state index contributed by atoms with van der Waals surface area (Å²) < 4.78 is 19.2. The van der Waals surface area contributed by atoms with Gasteiger partial charge in [0.2, 0.25) is 5.91 Å². The van der Waals surface area contributed by atoms with Crippen LogP contribution in [-0.4, -0.2) is 17.6 Å². The number of hydrogen-bond donors (Lipinski definition) is 0. The molecule has 2 aliphatic rings. The molecular weight excluding hydrogens is 285 g/mol. The van der Waals surface area contributed by atoms with Crippen LogP contribution >= 0.6 is 0 Å². The van der Waals surface area contributed by atoms with E-state index < -0.39 is 22.9 Å². The molecule has 1 heterocycles. The predicted molar refractivity (Wildman–Crippen MR) is 79.0 cm³/mol. The Bertz CT molecular complexity index is 735. The molecule has 3 rings (SSSR count). The summed E-state index contributed by atoms with van der Waals surface area (Å²) in [6.07, 6.45) is 5.73. The molecule has 0 bridgehead atoms. The zero-order valence-corrected chi connectivity index (χ0v) is 12.7. The number of halogens is 1. The molecule has 1 fully saturated rings. The Balaban J connectivity index is 2.10. The highest BCUT2D eigenvalue weighted by atomic mass is 19.1. The summed E-state index contributed by atoms with van der Waals surface area (Å²) in [7, 11) is 0. The molecule has 1 saturated carbocycles. The molecule has 0 saturated heterocycles. The van der Waals surface area contributed by atoms with Crippen molar-refractivity contribution >= 4 is 17.7 Å². The zero-order chi connectivity index (χ0) is 16.3. The van der Waals surface area contributed by atoms with Gasteiger partial charge in [0.05, 0.1) is 16.7 Å². The van der Waals surface area contributed by atoms with E-state index in [0.717, 1.165) is 4.90 Å². The molecule has 1 spiro atoms. The molecule has 0 atom stereocenters. The van der Waals surface area contributed by atoms with Gasteiger partial charge in [0.15, 0.2) is 0 Å². The minimum Gasteiger partial charge on any atom is -0.443 e. The van der Waals surface area contributed by atoms with Crippen molar-refractivity contribution in [3.8, 4) is 12.3 Å². The molecule has 4 nitrogen and oxygen atoms in total. The van der Waals surface area contributed by atoms with Crippen molar-refractivity contribution in [3.63, 3.8) is 0 Å². The summed E-state index contributed by atoms with van der Waals surface area (Å²) in [5.41, 5.74) is -0.616. The predicted octanol–water partition coefficient (Wildman–Crippen LogP) is 3.12. The largest absolute Gasteiger partial charge is 0.443 e. The third-order valence-electron chi connectivity index (χ3n) is 3.94. The van der Waals surface area contributed by atoms with E-state index in [-0.39, 0.29) is 11.5 Å². The molecule has 22 heavy (non-hydrogen) atoms. The van der Waals surface area contributed by atoms with E-state index in [4.69, 9.17) is 11.2 Å². The van der Waals surface area contributed by atoms with Gasteiger partial charge in [-0.2, -0.15) is 0 Å². The fraction of sp³-hybridized carbons (Fsp3) is 0.412. The first-order valence-corrected chi connectivity index (χ1v) is 7.08. The van der Waals surface area contributed by atoms with Gasteiger partial charge in [-0.3, -0.25) is 4.79 Å². The lowest BCUT2D eigenvalue weighted by atomic mass is 9.96. The maximum absolute atomic E-state index is 14.0. The van der Waals surface area contributed by atoms with Crippen LogP contribution in [0.2, 0.25) is 0 Å². The van der Waals surface area contributed by atoms with Crippen LogP contribution < -0.4 is 4.90 Å². The number of carbonyl (C=O) groups is 2. The lowest BCUT2D eigenvalue weighted by Gasteiger charge is -2.24. The number of nitrogens with zero attached hydrogens (tertiary/aromatic N) is 1. The molecule has 114 valence electrons. The summed E-state index contributed by atoms with van der Waals surface area (Å²) in [5, 5.41) is 0. The van der Waals surface area contributed by atoms with Crippen molar-refractivity contribution in [1.29, 1.82) is 0 Å². The van der Waals surface area contributed by atoms with Crippen LogP contribution in [0.5, 0.6) is 0 Å². The van der Waals surface area contributed by atoms with E-state index in [1.807, 2.05) is 0 Å². The summed E-state index contributed by atoms with van der Waals surface area (Å²) in [4.78, 5) is 26.0. The molecule has 1 aromatic rings. The number of anilines is 1. The molecular formula is C17H16FNO3. The van der Waals surface area contributed by atoms with Crippen LogP contribution in [0.4, 0.5) is 14.9 Å². The zero-order valence-electron chi connectivity index (χ0n) is 12.7. The average molecular weight is 301 g/mol. The van der Waals surface area contributed by atoms with Crippen molar-refractivity contribution in [3.05, 3.63) is 29.1 Å². The Kier molecular flexibility index (Phi) is 2.87. The van der Waals surface area contributed by atoms with Crippen molar-refractivity contribution in [2.45, 2.75) is 44.6 Å². The number of carbonyl (C=O) groups excluding carboxylic acids is 2. The normalized spacial score (nSPS) is 18.1. The van der Waals surface area contributed by atoms with Gasteiger partial charge in [0, 0.05) is 0 Å². The molecule has 2 amide bonds. The molecule has 0 unspecified atom stereocenters. The van der Waals surface area contributed by atoms with E-state index in [9.17, 15) is 14.0 Å². The Labute approximate surface area is 128 Å². The van der Waals surface area contributed by atoms with Gasteiger partial charge in [-0.25, -0.2) is 14.1 Å². The van der Waals surface area contributed by atoms with Gasteiger partial charge in [-0.05, 0) is 51.3 Å². The quantitative estimate of drug-likeness (QED) is 0.692. The van der Waals surface area contributed by atoms with E-state index in [0.29, 0.717) is 24.1 Å². The third-order valence-corrected chi connectivity index (χ3v) is 3.94. The van der Waals surface area contributed by atoms with Crippen LogP contribution in [0.25, 0.3) is 0 Å². The first-order chi connectivity index (χ1) is 10.2. The fourth-order valence-corrected chi connectivity index (χ4v) is 2.78. The Morgan fingerprint density at radius 3 is 2.55 bits per heavy atom. The number of ether oxygens (including phenoxy) is 1. The Morgan fingerprint density at radius 2 is 2.05 bits per heavy atom. The van der Waals surface area contributed by atoms with Crippen LogP contribution in [0.3, 0.4) is 0 Å². The van der Waals surface area contributed by atoms with Crippen molar-refractivity contribution in [1.82, 2.24) is 0 Å². The van der Waals surface area contributed by atoms with Gasteiger partial charge in [-0.15, -0.1) is 6.42 Å². The van der Waals surface area contributed by atoms with E-state index >= 15 is 0 Å². The monoisotopic (exact) mass is 301 g/mol. The minimum absolute atomic E-state index is 0.0257. The van der Waals surface area contributed by atoms with Crippen LogP contribution in [-0.2, 0) is 14.9 Å². The first-order valence-electron chi connectivity index (χ1n) is 7.08. The number of terminal acetylenes is 1. The second kappa shape index (κ2) is 4.33. The summed E-state index contributed by atoms with van der Waals surface area (Å²) in [5.74, 6) is 1.32. The van der Waals surface area contributed by atoms with Gasteiger partial charge < -0.3 is 4.74 Å². The lowest BCUT2D eigenvalue weighted by Crippen LogP contribution is -2.41. The van der Waals surface area contributed by atoms with Crippen molar-refractivity contribution < 1.29 is 18.7 Å². The summed E-state index contributed by atoms with van der Waals surface area (Å²) in [6, 6.07) is 2.65. The maximum Gasteiger partial charge on any atom is 0.421 e. The number of hydrogen-bond acceptors (Lipinski definition) is 3. The molecule has 0 aromatic heterocycles. The number of benzene rings is 1. The SMILES string of the molecule is C#Cc1cc2c(cc1F)C1(CC1)C(=O)N2C(=O)OC(C)(C)C. The maximum atomic E-state index is 14.0. The minimum atomic E-state index is -0.778. The standard InChI is InChI=1S/C17H16FNO3/c1-5-10-8-13-11(9-12(10)18)17(6-7-17)14(20)19(13)15(21)22-16(2,3)4/h1,8-9H,6-7H2,2-4H3. The number of rotatable bonds is 0. The van der Waals surface area contributed by atoms with Gasteiger partial charge >= 0.3 is 6.09 Å². The highest BCUT2D eigenvalue weighted by molar-refractivity contribution is 6.22. The lowest BCUT2D eigenvalue weighted by molar-refractivity contribution is -0.120. The van der Waals surface area contributed by atoms with Crippen LogP contribution in [0.15, 0.2) is 12.1 Å².